The minimum absolute atomic E-state index is 0.852. The zero-order valence-electron chi connectivity index (χ0n) is 8.68. The van der Waals surface area contributed by atoms with Crippen molar-refractivity contribution < 1.29 is 0 Å². The molecular formula is C10H24N2. The van der Waals surface area contributed by atoms with E-state index in [-0.39, 0.29) is 0 Å². The van der Waals surface area contributed by atoms with Crippen LogP contribution in [0.2, 0.25) is 0 Å². The number of unbranched alkanes of at least 4 members (excludes halogenated alkanes) is 3. The molecule has 2 heteroatoms. The first kappa shape index (κ1) is 11.9. The third kappa shape index (κ3) is 8.02. The molecule has 0 fully saturated rings. The summed E-state index contributed by atoms with van der Waals surface area (Å²) in [4.78, 5) is 2.41. The highest BCUT2D eigenvalue weighted by molar-refractivity contribution is 4.51. The van der Waals surface area contributed by atoms with Crippen LogP contribution in [0.3, 0.4) is 0 Å². The minimum atomic E-state index is 0.852. The van der Waals surface area contributed by atoms with Gasteiger partial charge in [0.15, 0.2) is 0 Å². The van der Waals surface area contributed by atoms with E-state index in [2.05, 4.69) is 18.9 Å². The highest BCUT2D eigenvalue weighted by Crippen LogP contribution is 2.00. The topological polar surface area (TPSA) is 29.3 Å². The SMILES string of the molecule is CCCN(C)CCCCCCN. The van der Waals surface area contributed by atoms with Crippen molar-refractivity contribution in [3.05, 3.63) is 0 Å². The summed E-state index contributed by atoms with van der Waals surface area (Å²) in [6.07, 6.45) is 6.43. The Bertz CT molecular complexity index is 83.9. The molecule has 2 N–H and O–H groups in total. The molecule has 0 aliphatic carbocycles. The molecule has 2 nitrogen and oxygen atoms in total. The molecule has 0 aromatic heterocycles. The van der Waals surface area contributed by atoms with Gasteiger partial charge < -0.3 is 10.6 Å². The van der Waals surface area contributed by atoms with Crippen LogP contribution in [0, 0.1) is 0 Å². The Morgan fingerprint density at radius 1 is 1.00 bits per heavy atom. The molecule has 0 saturated carbocycles. The molecule has 0 aliphatic heterocycles. The van der Waals surface area contributed by atoms with E-state index < -0.39 is 0 Å². The number of hydrogen-bond acceptors (Lipinski definition) is 2. The highest BCUT2D eigenvalue weighted by Gasteiger charge is 1.95. The average molecular weight is 172 g/mol. The largest absolute Gasteiger partial charge is 0.330 e. The van der Waals surface area contributed by atoms with Crippen molar-refractivity contribution in [1.82, 2.24) is 4.90 Å². The first-order chi connectivity index (χ1) is 5.81. The number of nitrogens with two attached hydrogens (primary N) is 1. The van der Waals surface area contributed by atoms with E-state index in [0.717, 1.165) is 6.54 Å². The summed E-state index contributed by atoms with van der Waals surface area (Å²) in [5.74, 6) is 0. The van der Waals surface area contributed by atoms with E-state index >= 15 is 0 Å². The lowest BCUT2D eigenvalue weighted by Gasteiger charge is -2.14. The third-order valence-electron chi connectivity index (χ3n) is 2.10. The summed E-state index contributed by atoms with van der Waals surface area (Å²) in [6, 6.07) is 0. The molecule has 0 aliphatic rings. The van der Waals surface area contributed by atoms with Gasteiger partial charge in [0.05, 0.1) is 0 Å². The summed E-state index contributed by atoms with van der Waals surface area (Å²) in [7, 11) is 2.20. The zero-order chi connectivity index (χ0) is 9.23. The predicted octanol–water partition coefficient (Wildman–Crippen LogP) is 1.85. The van der Waals surface area contributed by atoms with Gasteiger partial charge >= 0.3 is 0 Å². The Kier molecular flexibility index (Phi) is 8.95. The van der Waals surface area contributed by atoms with Gasteiger partial charge in [0.2, 0.25) is 0 Å². The molecule has 0 spiro atoms. The fourth-order valence-electron chi connectivity index (χ4n) is 1.37. The first-order valence-corrected chi connectivity index (χ1v) is 5.20. The molecule has 0 aromatic rings. The van der Waals surface area contributed by atoms with E-state index in [0.29, 0.717) is 0 Å². The summed E-state index contributed by atoms with van der Waals surface area (Å²) in [6.45, 7) is 5.56. The molecule has 12 heavy (non-hydrogen) atoms. The second-order valence-corrected chi connectivity index (χ2v) is 3.51. The molecule has 0 amide bonds. The highest BCUT2D eigenvalue weighted by atomic mass is 15.1. The molecule has 0 atom stereocenters. The lowest BCUT2D eigenvalue weighted by atomic mass is 10.2. The monoisotopic (exact) mass is 172 g/mol. The number of hydrogen-bond donors (Lipinski definition) is 1. The second-order valence-electron chi connectivity index (χ2n) is 3.51. The van der Waals surface area contributed by atoms with Crippen molar-refractivity contribution in [2.24, 2.45) is 5.73 Å². The van der Waals surface area contributed by atoms with Gasteiger partial charge in [0, 0.05) is 0 Å². The van der Waals surface area contributed by atoms with Crippen molar-refractivity contribution in [2.45, 2.75) is 39.0 Å². The molecular weight excluding hydrogens is 148 g/mol. The zero-order valence-corrected chi connectivity index (χ0v) is 8.68. The number of rotatable bonds is 8. The minimum Gasteiger partial charge on any atom is -0.330 e. The maximum absolute atomic E-state index is 5.41. The Labute approximate surface area is 77.1 Å². The van der Waals surface area contributed by atoms with Gasteiger partial charge in [0.25, 0.3) is 0 Å². The van der Waals surface area contributed by atoms with Crippen LogP contribution in [0.4, 0.5) is 0 Å². The standard InChI is InChI=1S/C10H24N2/c1-3-9-12(2)10-7-5-4-6-8-11/h3-11H2,1-2H3. The summed E-state index contributed by atoms with van der Waals surface area (Å²) in [5, 5.41) is 0. The quantitative estimate of drug-likeness (QED) is 0.566. The van der Waals surface area contributed by atoms with Crippen LogP contribution in [0.5, 0.6) is 0 Å². The maximum Gasteiger partial charge on any atom is -0.00218 e. The van der Waals surface area contributed by atoms with Gasteiger partial charge in [-0.25, -0.2) is 0 Å². The van der Waals surface area contributed by atoms with Gasteiger partial charge in [-0.15, -0.1) is 0 Å². The summed E-state index contributed by atoms with van der Waals surface area (Å²) >= 11 is 0. The molecule has 0 radical (unpaired) electrons. The van der Waals surface area contributed by atoms with E-state index in [9.17, 15) is 0 Å². The fraction of sp³-hybridized carbons (Fsp3) is 1.00. The van der Waals surface area contributed by atoms with Crippen LogP contribution >= 0.6 is 0 Å². The van der Waals surface area contributed by atoms with Crippen molar-refractivity contribution in [3.8, 4) is 0 Å². The van der Waals surface area contributed by atoms with Crippen LogP contribution in [0.1, 0.15) is 39.0 Å². The summed E-state index contributed by atoms with van der Waals surface area (Å²) in [5.41, 5.74) is 5.41. The van der Waals surface area contributed by atoms with Crippen LogP contribution < -0.4 is 5.73 Å². The van der Waals surface area contributed by atoms with Crippen LogP contribution in [-0.4, -0.2) is 31.6 Å². The van der Waals surface area contributed by atoms with E-state index in [1.165, 1.54) is 45.2 Å². The lowest BCUT2D eigenvalue weighted by Crippen LogP contribution is -2.20. The van der Waals surface area contributed by atoms with Gasteiger partial charge in [0.1, 0.15) is 0 Å². The molecule has 0 heterocycles. The van der Waals surface area contributed by atoms with Crippen LogP contribution in [-0.2, 0) is 0 Å². The average Bonchev–Trinajstić information content (AvgIpc) is 2.05. The fourth-order valence-corrected chi connectivity index (χ4v) is 1.37. The van der Waals surface area contributed by atoms with Crippen molar-refractivity contribution in [3.63, 3.8) is 0 Å². The van der Waals surface area contributed by atoms with E-state index in [4.69, 9.17) is 5.73 Å². The summed E-state index contributed by atoms with van der Waals surface area (Å²) < 4.78 is 0. The normalized spacial score (nSPS) is 11.0. The smallest absolute Gasteiger partial charge is 0.00218 e. The maximum atomic E-state index is 5.41. The molecule has 0 bridgehead atoms. The Hall–Kier alpha value is -0.0800. The van der Waals surface area contributed by atoms with Crippen LogP contribution in [0.15, 0.2) is 0 Å². The molecule has 0 unspecified atom stereocenters. The first-order valence-electron chi connectivity index (χ1n) is 5.20. The van der Waals surface area contributed by atoms with Crippen LogP contribution in [0.25, 0.3) is 0 Å². The third-order valence-corrected chi connectivity index (χ3v) is 2.10. The van der Waals surface area contributed by atoms with E-state index in [1.54, 1.807) is 0 Å². The van der Waals surface area contributed by atoms with Gasteiger partial charge in [-0.3, -0.25) is 0 Å². The Balaban J connectivity index is 2.97. The molecule has 0 rings (SSSR count). The molecule has 74 valence electrons. The van der Waals surface area contributed by atoms with Gasteiger partial charge in [-0.1, -0.05) is 19.8 Å². The Morgan fingerprint density at radius 2 is 1.67 bits per heavy atom. The van der Waals surface area contributed by atoms with Crippen molar-refractivity contribution in [2.75, 3.05) is 26.7 Å². The van der Waals surface area contributed by atoms with Crippen molar-refractivity contribution in [1.29, 1.82) is 0 Å². The van der Waals surface area contributed by atoms with E-state index in [1.807, 2.05) is 0 Å². The predicted molar refractivity (Wildman–Crippen MR) is 55.3 cm³/mol. The second kappa shape index (κ2) is 9.01. The molecule has 0 saturated heterocycles. The number of nitrogens with zero attached hydrogens (tertiary/aromatic N) is 1. The van der Waals surface area contributed by atoms with Gasteiger partial charge in [-0.05, 0) is 45.9 Å². The van der Waals surface area contributed by atoms with Gasteiger partial charge in [-0.2, -0.15) is 0 Å². The molecule has 0 aromatic carbocycles. The van der Waals surface area contributed by atoms with Crippen molar-refractivity contribution >= 4 is 0 Å². The Morgan fingerprint density at radius 3 is 2.25 bits per heavy atom. The lowest BCUT2D eigenvalue weighted by molar-refractivity contribution is 0.325.